The molecule has 0 saturated carbocycles. The van der Waals surface area contributed by atoms with Gasteiger partial charge in [0.25, 0.3) is 6.43 Å². The zero-order chi connectivity index (χ0) is 22.4. The third kappa shape index (κ3) is 4.18. The first-order valence-electron chi connectivity index (χ1n) is 8.04. The van der Waals surface area contributed by atoms with Crippen LogP contribution >= 0.6 is 0 Å². The molecule has 0 spiro atoms. The van der Waals surface area contributed by atoms with Gasteiger partial charge in [0.15, 0.2) is 9.84 Å². The molecule has 0 radical (unpaired) electrons. The third-order valence-corrected chi connectivity index (χ3v) is 5.19. The first-order chi connectivity index (χ1) is 13.8. The minimum absolute atomic E-state index is 0.00964. The Balaban J connectivity index is 2.19. The van der Waals surface area contributed by atoms with Gasteiger partial charge in [0.05, 0.1) is 16.9 Å². The molecule has 160 valence electrons. The van der Waals surface area contributed by atoms with Crippen LogP contribution in [0, 0.1) is 11.6 Å². The minimum Gasteiger partial charge on any atom is -0.232 e. The maximum atomic E-state index is 14.2. The monoisotopic (exact) mass is 452 g/mol. The van der Waals surface area contributed by atoms with Crippen LogP contribution in [-0.2, 0) is 16.0 Å². The van der Waals surface area contributed by atoms with Gasteiger partial charge in [0.2, 0.25) is 0 Å². The number of alkyl halides is 5. The quantitative estimate of drug-likeness (QED) is 0.513. The highest BCUT2D eigenvalue weighted by molar-refractivity contribution is 7.90. The number of halogens is 7. The Morgan fingerprint density at radius 3 is 1.93 bits per heavy atom. The number of sulfone groups is 1. The van der Waals surface area contributed by atoms with Crippen molar-refractivity contribution in [2.75, 3.05) is 6.26 Å². The van der Waals surface area contributed by atoms with Crippen molar-refractivity contribution in [2.24, 2.45) is 0 Å². The van der Waals surface area contributed by atoms with Gasteiger partial charge in [-0.15, -0.1) is 0 Å². The van der Waals surface area contributed by atoms with E-state index in [4.69, 9.17) is 0 Å². The molecule has 12 heteroatoms. The molecule has 30 heavy (non-hydrogen) atoms. The maximum Gasteiger partial charge on any atom is 0.416 e. The van der Waals surface area contributed by atoms with Gasteiger partial charge < -0.3 is 0 Å². The first kappa shape index (κ1) is 21.8. The second-order valence-corrected chi connectivity index (χ2v) is 8.21. The number of hydrogen-bond acceptors (Lipinski definition) is 3. The van der Waals surface area contributed by atoms with E-state index in [0.29, 0.717) is 35.2 Å². The van der Waals surface area contributed by atoms with Crippen LogP contribution in [0.4, 0.5) is 30.7 Å². The predicted molar refractivity (Wildman–Crippen MR) is 92.0 cm³/mol. The van der Waals surface area contributed by atoms with Crippen LogP contribution in [0.2, 0.25) is 0 Å². The van der Waals surface area contributed by atoms with E-state index in [1.165, 1.54) is 0 Å². The number of aromatic nitrogens is 2. The van der Waals surface area contributed by atoms with Crippen molar-refractivity contribution in [3.8, 4) is 16.9 Å². The molecule has 3 aromatic rings. The van der Waals surface area contributed by atoms with E-state index in [0.717, 1.165) is 18.2 Å². The van der Waals surface area contributed by atoms with Gasteiger partial charge in [-0.3, -0.25) is 0 Å². The fourth-order valence-corrected chi connectivity index (χ4v) is 3.59. The van der Waals surface area contributed by atoms with Gasteiger partial charge in [-0.05, 0) is 18.2 Å². The molecule has 0 unspecified atom stereocenters. The normalized spacial score (nSPS) is 12.6. The Hall–Kier alpha value is -2.89. The van der Waals surface area contributed by atoms with E-state index in [-0.39, 0.29) is 11.3 Å². The van der Waals surface area contributed by atoms with E-state index >= 15 is 0 Å². The molecule has 4 nitrogen and oxygen atoms in total. The Morgan fingerprint density at radius 1 is 0.967 bits per heavy atom. The molecule has 0 amide bonds. The van der Waals surface area contributed by atoms with Crippen LogP contribution in [-0.4, -0.2) is 24.5 Å². The summed E-state index contributed by atoms with van der Waals surface area (Å²) >= 11 is 0. The molecule has 0 bridgehead atoms. The van der Waals surface area contributed by atoms with Gasteiger partial charge in [-0.2, -0.15) is 18.3 Å². The molecule has 1 aromatic heterocycles. The minimum atomic E-state index is -4.62. The zero-order valence-electron chi connectivity index (χ0n) is 14.9. The van der Waals surface area contributed by atoms with Crippen LogP contribution < -0.4 is 0 Å². The Labute approximate surface area is 165 Å². The molecule has 0 aliphatic rings. The van der Waals surface area contributed by atoms with Crippen molar-refractivity contribution >= 4 is 9.84 Å². The molecular formula is C18H11F7N2O2S. The second kappa shape index (κ2) is 7.42. The fourth-order valence-electron chi connectivity index (χ4n) is 2.76. The molecule has 0 aliphatic heterocycles. The average molecular weight is 452 g/mol. The summed E-state index contributed by atoms with van der Waals surface area (Å²) in [6.45, 7) is 0. The van der Waals surface area contributed by atoms with Gasteiger partial charge in [-0.25, -0.2) is 30.7 Å². The SMILES string of the molecule is CS(=O)(=O)c1c(F)cc(-n2nc(C(F)F)cc2-c2ccc(C(F)(F)F)cc2)cc1F. The first-order valence-corrected chi connectivity index (χ1v) is 9.93. The van der Waals surface area contributed by atoms with Crippen LogP contribution in [0.1, 0.15) is 17.7 Å². The van der Waals surface area contributed by atoms with E-state index < -0.39 is 55.9 Å². The van der Waals surface area contributed by atoms with Crippen molar-refractivity contribution in [1.82, 2.24) is 9.78 Å². The van der Waals surface area contributed by atoms with Gasteiger partial charge in [0.1, 0.15) is 22.2 Å². The molecule has 1 heterocycles. The van der Waals surface area contributed by atoms with Gasteiger partial charge in [0, 0.05) is 24.0 Å². The zero-order valence-corrected chi connectivity index (χ0v) is 15.7. The summed E-state index contributed by atoms with van der Waals surface area (Å²) in [7, 11) is -4.26. The number of rotatable bonds is 4. The number of nitrogens with zero attached hydrogens (tertiary/aromatic N) is 2. The van der Waals surface area contributed by atoms with Crippen LogP contribution in [0.25, 0.3) is 16.9 Å². The van der Waals surface area contributed by atoms with E-state index in [1.54, 1.807) is 0 Å². The van der Waals surface area contributed by atoms with Crippen LogP contribution in [0.3, 0.4) is 0 Å². The maximum absolute atomic E-state index is 14.2. The Morgan fingerprint density at radius 2 is 1.50 bits per heavy atom. The summed E-state index contributed by atoms with van der Waals surface area (Å²) in [5.74, 6) is -2.94. The highest BCUT2D eigenvalue weighted by Gasteiger charge is 2.30. The van der Waals surface area contributed by atoms with E-state index in [1.807, 2.05) is 0 Å². The van der Waals surface area contributed by atoms with Crippen LogP contribution in [0.5, 0.6) is 0 Å². The molecule has 0 aliphatic carbocycles. The van der Waals surface area contributed by atoms with Crippen molar-refractivity contribution in [3.05, 3.63) is 65.4 Å². The summed E-state index contributed by atoms with van der Waals surface area (Å²) in [6, 6.07) is 5.41. The molecule has 3 rings (SSSR count). The third-order valence-electron chi connectivity index (χ3n) is 4.06. The van der Waals surface area contributed by atoms with E-state index in [2.05, 4.69) is 5.10 Å². The molecule has 0 saturated heterocycles. The number of benzene rings is 2. The average Bonchev–Trinajstić information content (AvgIpc) is 3.05. The lowest BCUT2D eigenvalue weighted by Gasteiger charge is -2.11. The summed E-state index contributed by atoms with van der Waals surface area (Å²) in [5, 5.41) is 3.56. The second-order valence-electron chi connectivity index (χ2n) is 6.25. The highest BCUT2D eigenvalue weighted by Crippen LogP contribution is 2.33. The van der Waals surface area contributed by atoms with Crippen LogP contribution in [0.15, 0.2) is 47.4 Å². The lowest BCUT2D eigenvalue weighted by atomic mass is 10.1. The largest absolute Gasteiger partial charge is 0.416 e. The summed E-state index contributed by atoms with van der Waals surface area (Å²) in [4.78, 5) is -1.21. The standard InChI is InChI=1S/C18H11F7N2O2S/c1-30(28,29)16-12(19)6-11(7-13(16)20)27-15(8-14(26-27)17(21)22)9-2-4-10(5-3-9)18(23,24)25/h2-8,17H,1H3. The van der Waals surface area contributed by atoms with Gasteiger partial charge in [-0.1, -0.05) is 12.1 Å². The van der Waals surface area contributed by atoms with E-state index in [9.17, 15) is 39.2 Å². The molecule has 0 atom stereocenters. The summed E-state index contributed by atoms with van der Waals surface area (Å²) < 4.78 is 117. The molecule has 0 N–H and O–H groups in total. The predicted octanol–water partition coefficient (Wildman–Crippen LogP) is 5.18. The summed E-state index contributed by atoms with van der Waals surface area (Å²) in [5.41, 5.74) is -2.38. The van der Waals surface area contributed by atoms with Crippen molar-refractivity contribution in [3.63, 3.8) is 0 Å². The van der Waals surface area contributed by atoms with Gasteiger partial charge >= 0.3 is 6.18 Å². The Bertz CT molecular complexity index is 1180. The number of hydrogen-bond donors (Lipinski definition) is 0. The molecule has 2 aromatic carbocycles. The van der Waals surface area contributed by atoms with Crippen molar-refractivity contribution in [1.29, 1.82) is 0 Å². The lowest BCUT2D eigenvalue weighted by Crippen LogP contribution is -2.08. The summed E-state index contributed by atoms with van der Waals surface area (Å²) in [6.07, 6.45) is -7.12. The van der Waals surface area contributed by atoms with Crippen molar-refractivity contribution < 1.29 is 39.2 Å². The van der Waals surface area contributed by atoms with Crippen molar-refractivity contribution in [2.45, 2.75) is 17.5 Å². The smallest absolute Gasteiger partial charge is 0.232 e. The Kier molecular flexibility index (Phi) is 5.39. The topological polar surface area (TPSA) is 52.0 Å². The highest BCUT2D eigenvalue weighted by atomic mass is 32.2. The lowest BCUT2D eigenvalue weighted by molar-refractivity contribution is -0.137. The molecular weight excluding hydrogens is 441 g/mol. The fraction of sp³-hybridized carbons (Fsp3) is 0.167. The molecule has 0 fully saturated rings.